The summed E-state index contributed by atoms with van der Waals surface area (Å²) in [6, 6.07) is 6.32. The summed E-state index contributed by atoms with van der Waals surface area (Å²) in [7, 11) is 0. The summed E-state index contributed by atoms with van der Waals surface area (Å²) in [5.41, 5.74) is -0.766. The molecule has 264 valence electrons. The number of fused-ring (bicyclic) bond motifs is 1. The molecular weight excluding hydrogens is 614 g/mol. The number of piperidine rings is 1. The number of hydrogen-bond acceptors (Lipinski definition) is 7. The number of carbonyl (C=O) groups is 6. The van der Waals surface area contributed by atoms with E-state index in [1.165, 1.54) is 4.90 Å². The Morgan fingerprint density at radius 1 is 1.00 bits per heavy atom. The first-order chi connectivity index (χ1) is 22.3. The van der Waals surface area contributed by atoms with E-state index >= 15 is 0 Å². The smallest absolute Gasteiger partial charge is 0.408 e. The highest BCUT2D eigenvalue weighted by Crippen LogP contribution is 2.65. The van der Waals surface area contributed by atoms with Crippen molar-refractivity contribution in [3.05, 3.63) is 48.6 Å². The normalized spacial score (nSPS) is 20.8. The third kappa shape index (κ3) is 9.90. The van der Waals surface area contributed by atoms with Gasteiger partial charge in [-0.2, -0.15) is 0 Å². The van der Waals surface area contributed by atoms with Crippen LogP contribution < -0.4 is 21.3 Å². The second kappa shape index (κ2) is 15.3. The van der Waals surface area contributed by atoms with Crippen LogP contribution in [0, 0.1) is 22.7 Å². The molecule has 4 N–H and O–H groups in total. The van der Waals surface area contributed by atoms with Gasteiger partial charge in [0.2, 0.25) is 23.5 Å². The average Bonchev–Trinajstić information content (AvgIpc) is 3.30. The number of ether oxygens (including phenoxy) is 1. The molecule has 12 nitrogen and oxygen atoms in total. The van der Waals surface area contributed by atoms with E-state index < -0.39 is 58.7 Å². The highest BCUT2D eigenvalue weighted by Gasteiger charge is 2.70. The molecule has 1 aromatic carbocycles. The van der Waals surface area contributed by atoms with Crippen LogP contribution in [0.25, 0.3) is 0 Å². The lowest BCUT2D eigenvalue weighted by Gasteiger charge is -2.38. The molecule has 5 atom stereocenters. The lowest BCUT2D eigenvalue weighted by molar-refractivity contribution is -0.145. The van der Waals surface area contributed by atoms with Gasteiger partial charge in [-0.25, -0.2) is 4.79 Å². The number of amides is 5. The Balaban J connectivity index is 1.69. The van der Waals surface area contributed by atoms with Crippen molar-refractivity contribution < 1.29 is 33.5 Å². The first-order valence-corrected chi connectivity index (χ1v) is 16.6. The summed E-state index contributed by atoms with van der Waals surface area (Å²) in [4.78, 5) is 80.7. The topological polar surface area (TPSA) is 163 Å². The Kier molecular flexibility index (Phi) is 12.2. The van der Waals surface area contributed by atoms with Crippen LogP contribution in [-0.2, 0) is 35.3 Å². The minimum absolute atomic E-state index is 0.0287. The second-order valence-corrected chi connectivity index (χ2v) is 15.4. The quantitative estimate of drug-likeness (QED) is 0.175. The van der Waals surface area contributed by atoms with E-state index in [1.807, 2.05) is 65.0 Å². The zero-order valence-corrected chi connectivity index (χ0v) is 29.6. The Morgan fingerprint density at radius 3 is 2.23 bits per heavy atom. The lowest BCUT2D eigenvalue weighted by Crippen LogP contribution is -2.60. The molecule has 5 amide bonds. The van der Waals surface area contributed by atoms with Gasteiger partial charge in [-0.05, 0) is 61.8 Å². The summed E-state index contributed by atoms with van der Waals surface area (Å²) in [6.07, 6.45) is 1.29. The number of carbonyl (C=O) groups excluding carboxylic acids is 6. The predicted molar refractivity (Wildman–Crippen MR) is 181 cm³/mol. The van der Waals surface area contributed by atoms with Crippen molar-refractivity contribution in [3.63, 3.8) is 0 Å². The van der Waals surface area contributed by atoms with Crippen LogP contribution in [0.4, 0.5) is 4.79 Å². The largest absolute Gasteiger partial charge is 0.444 e. The Morgan fingerprint density at radius 2 is 1.65 bits per heavy atom. The number of nitrogens with one attached hydrogen (secondary N) is 4. The summed E-state index contributed by atoms with van der Waals surface area (Å²) in [5.74, 6) is -3.13. The molecule has 2 aliphatic rings. The van der Waals surface area contributed by atoms with Crippen molar-refractivity contribution >= 4 is 35.5 Å². The van der Waals surface area contributed by atoms with Gasteiger partial charge < -0.3 is 30.9 Å². The molecule has 1 unspecified atom stereocenters. The van der Waals surface area contributed by atoms with Gasteiger partial charge in [0, 0.05) is 26.1 Å². The van der Waals surface area contributed by atoms with Crippen LogP contribution in [0.3, 0.4) is 0 Å². The highest BCUT2D eigenvalue weighted by atomic mass is 16.6. The molecule has 1 heterocycles. The fourth-order valence-corrected chi connectivity index (χ4v) is 6.28. The molecule has 1 aromatic rings. The van der Waals surface area contributed by atoms with Gasteiger partial charge >= 0.3 is 6.09 Å². The van der Waals surface area contributed by atoms with Crippen molar-refractivity contribution in [1.29, 1.82) is 0 Å². The number of benzene rings is 1. The second-order valence-electron chi connectivity index (χ2n) is 15.4. The van der Waals surface area contributed by atoms with Gasteiger partial charge in [0.25, 0.3) is 5.91 Å². The van der Waals surface area contributed by atoms with Crippen molar-refractivity contribution in [2.75, 3.05) is 13.1 Å². The fraction of sp³-hybridized carbons (Fsp3) is 0.611. The fourth-order valence-electron chi connectivity index (χ4n) is 6.28. The Labute approximate surface area is 284 Å². The number of hydrogen-bond donors (Lipinski definition) is 4. The first kappa shape index (κ1) is 38.2. The van der Waals surface area contributed by atoms with E-state index in [9.17, 15) is 28.8 Å². The third-order valence-corrected chi connectivity index (χ3v) is 9.02. The summed E-state index contributed by atoms with van der Waals surface area (Å²) in [5, 5.41) is 10.7. The van der Waals surface area contributed by atoms with Crippen LogP contribution in [0.1, 0.15) is 80.2 Å². The molecule has 3 rings (SSSR count). The van der Waals surface area contributed by atoms with Crippen molar-refractivity contribution in [2.24, 2.45) is 22.7 Å². The van der Waals surface area contributed by atoms with E-state index in [2.05, 4.69) is 27.8 Å². The predicted octanol–water partition coefficient (Wildman–Crippen LogP) is 3.25. The molecule has 0 radical (unpaired) electrons. The van der Waals surface area contributed by atoms with Gasteiger partial charge in [0.05, 0.1) is 6.04 Å². The van der Waals surface area contributed by atoms with E-state index in [1.54, 1.807) is 26.8 Å². The molecule has 0 bridgehead atoms. The zero-order valence-electron chi connectivity index (χ0n) is 29.6. The number of nitrogens with zero attached hydrogens (tertiary/aromatic N) is 1. The lowest BCUT2D eigenvalue weighted by atomic mass is 9.85. The highest BCUT2D eigenvalue weighted by molar-refractivity contribution is 6.38. The Hall–Kier alpha value is -4.22. The number of Topliss-reactive ketones (excluding diaryl/α,β-unsaturated/α-hetero) is 1. The van der Waals surface area contributed by atoms with Crippen LogP contribution in [-0.4, -0.2) is 77.2 Å². The number of likely N-dealkylation sites (tertiary alicyclic amines) is 1. The summed E-state index contributed by atoms with van der Waals surface area (Å²) < 4.78 is 5.42. The van der Waals surface area contributed by atoms with E-state index in [-0.39, 0.29) is 42.5 Å². The molecule has 2 fully saturated rings. The van der Waals surface area contributed by atoms with E-state index in [0.717, 1.165) is 5.56 Å². The average molecular weight is 668 g/mol. The Bertz CT molecular complexity index is 1380. The zero-order chi connectivity index (χ0) is 36.0. The SMILES string of the molecule is C=CCCC(NC(=O)[C@@H]1[C@@H]2[C@H](CN1C(=O)[C@@H](NC(=O)OC(C)(C)C)C(C)(C)C)C2(C)C)C(=O)C(=O)NCCC(=O)NCc1ccccc1. The number of ketones is 1. The van der Waals surface area contributed by atoms with E-state index in [4.69, 9.17) is 4.74 Å². The van der Waals surface area contributed by atoms with Crippen LogP contribution in [0.5, 0.6) is 0 Å². The third-order valence-electron chi connectivity index (χ3n) is 9.02. The molecule has 1 aliphatic carbocycles. The summed E-state index contributed by atoms with van der Waals surface area (Å²) >= 11 is 0. The molecule has 1 saturated carbocycles. The number of alkyl carbamates (subject to hydrolysis) is 1. The molecule has 1 aliphatic heterocycles. The molecule has 1 saturated heterocycles. The van der Waals surface area contributed by atoms with Crippen LogP contribution in [0.15, 0.2) is 43.0 Å². The number of allylic oxidation sites excluding steroid dienone is 1. The van der Waals surface area contributed by atoms with Crippen LogP contribution in [0.2, 0.25) is 0 Å². The summed E-state index contributed by atoms with van der Waals surface area (Å²) in [6.45, 7) is 19.0. The molecule has 0 spiro atoms. The maximum atomic E-state index is 14.1. The maximum absolute atomic E-state index is 14.1. The minimum Gasteiger partial charge on any atom is -0.444 e. The van der Waals surface area contributed by atoms with Gasteiger partial charge in [0.1, 0.15) is 17.7 Å². The van der Waals surface area contributed by atoms with Crippen LogP contribution >= 0.6 is 0 Å². The van der Waals surface area contributed by atoms with Gasteiger partial charge in [-0.15, -0.1) is 6.58 Å². The standard InChI is InChI=1S/C36H53N5O7/c1-10-11-17-24(28(43)31(45)37-19-18-25(42)38-20-22-15-13-12-14-16-22)39-30(44)27-26-23(36(26,8)9)21-41(27)32(46)29(34(2,3)4)40-33(47)48-35(5,6)7/h10,12-16,23-24,26-27,29H,1,11,17-21H2,2-9H3,(H,37,45)(H,38,42)(H,39,44)(H,40,47)/t23-,24?,26-,27-,29+/m0/s1. The molecule has 12 heteroatoms. The van der Waals surface area contributed by atoms with E-state index in [0.29, 0.717) is 19.5 Å². The first-order valence-electron chi connectivity index (χ1n) is 16.6. The van der Waals surface area contributed by atoms with Crippen molar-refractivity contribution in [3.8, 4) is 0 Å². The minimum atomic E-state index is -1.17. The molecule has 0 aromatic heterocycles. The van der Waals surface area contributed by atoms with Crippen molar-refractivity contribution in [2.45, 2.75) is 105 Å². The molecular formula is C36H53N5O7. The number of rotatable bonds is 14. The van der Waals surface area contributed by atoms with Gasteiger partial charge in [-0.3, -0.25) is 24.0 Å². The molecule has 48 heavy (non-hydrogen) atoms. The monoisotopic (exact) mass is 667 g/mol. The maximum Gasteiger partial charge on any atom is 0.408 e. The van der Waals surface area contributed by atoms with Gasteiger partial charge in [-0.1, -0.05) is 71.0 Å². The van der Waals surface area contributed by atoms with Gasteiger partial charge in [0.15, 0.2) is 0 Å². The van der Waals surface area contributed by atoms with Crippen molar-refractivity contribution in [1.82, 2.24) is 26.2 Å².